The SMILES string of the molecule is Nc1ccc(Cl)cc1O[C@@H]1COC[C@H]1O. The number of rotatable bonds is 2. The number of nitrogen functional groups attached to an aromatic ring is 1. The van der Waals surface area contributed by atoms with Crippen LogP contribution in [0.4, 0.5) is 5.69 Å². The third kappa shape index (κ3) is 2.34. The Morgan fingerprint density at radius 2 is 2.27 bits per heavy atom. The Hall–Kier alpha value is -0.970. The quantitative estimate of drug-likeness (QED) is 0.745. The standard InChI is InChI=1S/C10H12ClNO3/c11-6-1-2-7(12)9(3-6)15-10-5-14-4-8(10)13/h1-3,8,10,13H,4-5,12H2/t8-,10-/m1/s1. The van der Waals surface area contributed by atoms with Crippen LogP contribution in [0.3, 0.4) is 0 Å². The van der Waals surface area contributed by atoms with Crippen LogP contribution < -0.4 is 10.5 Å². The first-order valence-corrected chi connectivity index (χ1v) is 5.02. The van der Waals surface area contributed by atoms with Gasteiger partial charge in [-0.3, -0.25) is 0 Å². The molecule has 2 rings (SSSR count). The summed E-state index contributed by atoms with van der Waals surface area (Å²) >= 11 is 5.81. The Balaban J connectivity index is 2.12. The molecule has 82 valence electrons. The molecule has 15 heavy (non-hydrogen) atoms. The maximum atomic E-state index is 9.49. The Kier molecular flexibility index (Phi) is 3.00. The van der Waals surface area contributed by atoms with E-state index in [4.69, 9.17) is 26.8 Å². The number of hydrogen-bond acceptors (Lipinski definition) is 4. The van der Waals surface area contributed by atoms with Crippen molar-refractivity contribution in [1.82, 2.24) is 0 Å². The lowest BCUT2D eigenvalue weighted by atomic mass is 10.2. The summed E-state index contributed by atoms with van der Waals surface area (Å²) in [7, 11) is 0. The monoisotopic (exact) mass is 229 g/mol. The summed E-state index contributed by atoms with van der Waals surface area (Å²) in [6, 6.07) is 4.98. The maximum absolute atomic E-state index is 9.49. The minimum Gasteiger partial charge on any atom is -0.483 e. The molecule has 0 amide bonds. The van der Waals surface area contributed by atoms with Crippen molar-refractivity contribution in [3.05, 3.63) is 23.2 Å². The minimum absolute atomic E-state index is 0.297. The first-order valence-electron chi connectivity index (χ1n) is 4.64. The summed E-state index contributed by atoms with van der Waals surface area (Å²) < 4.78 is 10.6. The van der Waals surface area contributed by atoms with E-state index in [1.165, 1.54) is 0 Å². The van der Waals surface area contributed by atoms with Gasteiger partial charge in [-0.2, -0.15) is 0 Å². The summed E-state index contributed by atoms with van der Waals surface area (Å²) in [4.78, 5) is 0. The van der Waals surface area contributed by atoms with Crippen LogP contribution in [0.25, 0.3) is 0 Å². The summed E-state index contributed by atoms with van der Waals surface area (Å²) in [5.74, 6) is 0.483. The highest BCUT2D eigenvalue weighted by Gasteiger charge is 2.28. The highest BCUT2D eigenvalue weighted by atomic mass is 35.5. The molecule has 0 aromatic heterocycles. The third-order valence-corrected chi connectivity index (χ3v) is 2.49. The van der Waals surface area contributed by atoms with E-state index in [1.807, 2.05) is 0 Å². The normalized spacial score (nSPS) is 25.5. The fraction of sp³-hybridized carbons (Fsp3) is 0.400. The number of nitrogens with two attached hydrogens (primary N) is 1. The highest BCUT2D eigenvalue weighted by Crippen LogP contribution is 2.27. The average Bonchev–Trinajstić information content (AvgIpc) is 2.58. The van der Waals surface area contributed by atoms with E-state index in [0.717, 1.165) is 0 Å². The largest absolute Gasteiger partial charge is 0.483 e. The Bertz CT molecular complexity index is 359. The average molecular weight is 230 g/mol. The number of ether oxygens (including phenoxy) is 2. The number of anilines is 1. The lowest BCUT2D eigenvalue weighted by Gasteiger charge is -2.16. The molecule has 0 bridgehead atoms. The van der Waals surface area contributed by atoms with Crippen molar-refractivity contribution in [2.75, 3.05) is 18.9 Å². The number of hydrogen-bond donors (Lipinski definition) is 2. The van der Waals surface area contributed by atoms with Gasteiger partial charge >= 0.3 is 0 Å². The van der Waals surface area contributed by atoms with Crippen LogP contribution in [-0.2, 0) is 4.74 Å². The topological polar surface area (TPSA) is 64.7 Å². The van der Waals surface area contributed by atoms with Gasteiger partial charge in [-0.1, -0.05) is 11.6 Å². The van der Waals surface area contributed by atoms with Gasteiger partial charge in [0.1, 0.15) is 11.9 Å². The van der Waals surface area contributed by atoms with E-state index in [2.05, 4.69) is 0 Å². The summed E-state index contributed by atoms with van der Waals surface area (Å²) in [5.41, 5.74) is 6.21. The summed E-state index contributed by atoms with van der Waals surface area (Å²) in [6.07, 6.45) is -0.978. The predicted octanol–water partition coefficient (Wildman–Crippen LogP) is 1.06. The molecule has 0 unspecified atom stereocenters. The van der Waals surface area contributed by atoms with Gasteiger partial charge < -0.3 is 20.3 Å². The van der Waals surface area contributed by atoms with Crippen molar-refractivity contribution in [3.63, 3.8) is 0 Å². The second-order valence-electron chi connectivity index (χ2n) is 3.44. The Morgan fingerprint density at radius 3 is 2.93 bits per heavy atom. The molecule has 1 aliphatic rings. The number of aliphatic hydroxyl groups is 1. The van der Waals surface area contributed by atoms with Crippen molar-refractivity contribution in [2.45, 2.75) is 12.2 Å². The van der Waals surface area contributed by atoms with Crippen LogP contribution in [0.1, 0.15) is 0 Å². The Labute approximate surface area is 92.5 Å². The molecular weight excluding hydrogens is 218 g/mol. The predicted molar refractivity (Wildman–Crippen MR) is 57.1 cm³/mol. The van der Waals surface area contributed by atoms with Gasteiger partial charge in [-0.25, -0.2) is 0 Å². The van der Waals surface area contributed by atoms with Crippen molar-refractivity contribution >= 4 is 17.3 Å². The molecule has 3 N–H and O–H groups in total. The molecular formula is C10H12ClNO3. The molecule has 1 aromatic rings. The van der Waals surface area contributed by atoms with Crippen LogP contribution >= 0.6 is 11.6 Å². The van der Waals surface area contributed by atoms with Gasteiger partial charge in [0, 0.05) is 11.1 Å². The van der Waals surface area contributed by atoms with E-state index in [0.29, 0.717) is 29.7 Å². The zero-order valence-corrected chi connectivity index (χ0v) is 8.78. The maximum Gasteiger partial charge on any atom is 0.150 e. The smallest absolute Gasteiger partial charge is 0.150 e. The van der Waals surface area contributed by atoms with Crippen molar-refractivity contribution < 1.29 is 14.6 Å². The van der Waals surface area contributed by atoms with Crippen LogP contribution in [0.5, 0.6) is 5.75 Å². The van der Waals surface area contributed by atoms with E-state index in [1.54, 1.807) is 18.2 Å². The molecule has 0 spiro atoms. The molecule has 1 saturated heterocycles. The molecule has 5 heteroatoms. The van der Waals surface area contributed by atoms with E-state index < -0.39 is 6.10 Å². The van der Waals surface area contributed by atoms with Crippen LogP contribution in [0.2, 0.25) is 5.02 Å². The summed E-state index contributed by atoms with van der Waals surface area (Å²) in [6.45, 7) is 0.665. The molecule has 2 atom stereocenters. The van der Waals surface area contributed by atoms with Gasteiger partial charge in [0.15, 0.2) is 6.10 Å². The van der Waals surface area contributed by atoms with Crippen molar-refractivity contribution in [3.8, 4) is 5.75 Å². The zero-order valence-electron chi connectivity index (χ0n) is 8.02. The highest BCUT2D eigenvalue weighted by molar-refractivity contribution is 6.30. The van der Waals surface area contributed by atoms with Gasteiger partial charge in [0.05, 0.1) is 18.9 Å². The van der Waals surface area contributed by atoms with Crippen LogP contribution in [0.15, 0.2) is 18.2 Å². The lowest BCUT2D eigenvalue weighted by molar-refractivity contribution is 0.0738. The first-order chi connectivity index (χ1) is 7.16. The van der Waals surface area contributed by atoms with Gasteiger partial charge in [-0.05, 0) is 12.1 Å². The number of halogens is 1. The molecule has 0 radical (unpaired) electrons. The molecule has 0 saturated carbocycles. The molecule has 0 aliphatic carbocycles. The van der Waals surface area contributed by atoms with Crippen LogP contribution in [-0.4, -0.2) is 30.5 Å². The van der Waals surface area contributed by atoms with E-state index >= 15 is 0 Å². The van der Waals surface area contributed by atoms with Crippen molar-refractivity contribution in [1.29, 1.82) is 0 Å². The molecule has 1 fully saturated rings. The fourth-order valence-electron chi connectivity index (χ4n) is 1.41. The van der Waals surface area contributed by atoms with Crippen molar-refractivity contribution in [2.24, 2.45) is 0 Å². The summed E-state index contributed by atoms with van der Waals surface area (Å²) in [5, 5.41) is 10.0. The second-order valence-corrected chi connectivity index (χ2v) is 3.88. The number of aliphatic hydroxyl groups excluding tert-OH is 1. The lowest BCUT2D eigenvalue weighted by Crippen LogP contribution is -2.29. The minimum atomic E-state index is -0.608. The molecule has 4 nitrogen and oxygen atoms in total. The van der Waals surface area contributed by atoms with Gasteiger partial charge in [0.2, 0.25) is 0 Å². The molecule has 1 aliphatic heterocycles. The molecule has 1 aromatic carbocycles. The molecule has 1 heterocycles. The first kappa shape index (κ1) is 10.5. The van der Waals surface area contributed by atoms with Gasteiger partial charge in [-0.15, -0.1) is 0 Å². The zero-order chi connectivity index (χ0) is 10.8. The fourth-order valence-corrected chi connectivity index (χ4v) is 1.57. The second kappa shape index (κ2) is 4.26. The van der Waals surface area contributed by atoms with E-state index in [9.17, 15) is 5.11 Å². The van der Waals surface area contributed by atoms with Crippen LogP contribution in [0, 0.1) is 0 Å². The number of benzene rings is 1. The van der Waals surface area contributed by atoms with E-state index in [-0.39, 0.29) is 6.10 Å². The Morgan fingerprint density at radius 1 is 1.47 bits per heavy atom. The third-order valence-electron chi connectivity index (χ3n) is 2.25. The van der Waals surface area contributed by atoms with Gasteiger partial charge in [0.25, 0.3) is 0 Å².